The second-order valence-electron chi connectivity index (χ2n) is 3.34. The van der Waals surface area contributed by atoms with E-state index in [-0.39, 0.29) is 5.91 Å². The van der Waals surface area contributed by atoms with Crippen molar-refractivity contribution in [3.8, 4) is 0 Å². The Balaban J connectivity index is 2.14. The summed E-state index contributed by atoms with van der Waals surface area (Å²) < 4.78 is 5.20. The summed E-state index contributed by atoms with van der Waals surface area (Å²) in [5, 5.41) is 4.79. The zero-order valence-corrected chi connectivity index (χ0v) is 10.9. The number of ether oxygens (including phenoxy) is 1. The number of rotatable bonds is 7. The number of halogens is 1. The number of hydrogen-bond acceptors (Lipinski definition) is 3. The van der Waals surface area contributed by atoms with Gasteiger partial charge in [-0.2, -0.15) is 0 Å². The SMILES string of the molecule is Cc1ccsc1C(=O)NCCCOCCCl. The van der Waals surface area contributed by atoms with Gasteiger partial charge in [-0.15, -0.1) is 22.9 Å². The van der Waals surface area contributed by atoms with E-state index in [0.717, 1.165) is 16.9 Å². The van der Waals surface area contributed by atoms with Crippen molar-refractivity contribution in [2.24, 2.45) is 0 Å². The molecule has 5 heteroatoms. The van der Waals surface area contributed by atoms with Crippen LogP contribution in [0.5, 0.6) is 0 Å². The molecule has 1 heterocycles. The molecule has 1 amide bonds. The van der Waals surface area contributed by atoms with Gasteiger partial charge in [0.05, 0.1) is 11.5 Å². The molecule has 0 aromatic carbocycles. The number of thiophene rings is 1. The van der Waals surface area contributed by atoms with Crippen LogP contribution in [0.3, 0.4) is 0 Å². The molecule has 1 aromatic rings. The van der Waals surface area contributed by atoms with Gasteiger partial charge in [-0.25, -0.2) is 0 Å². The summed E-state index contributed by atoms with van der Waals surface area (Å²) in [6.45, 7) is 3.78. The van der Waals surface area contributed by atoms with E-state index in [1.807, 2.05) is 18.4 Å². The maximum absolute atomic E-state index is 11.7. The van der Waals surface area contributed by atoms with E-state index in [2.05, 4.69) is 5.32 Å². The predicted octanol–water partition coefficient (Wildman–Crippen LogP) is 2.43. The van der Waals surface area contributed by atoms with Crippen LogP contribution in [0.4, 0.5) is 0 Å². The standard InChI is InChI=1S/C11H16ClNO2S/c1-9-3-8-16-10(9)11(14)13-5-2-6-15-7-4-12/h3,8H,2,4-7H2,1H3,(H,13,14). The van der Waals surface area contributed by atoms with Crippen LogP contribution in [0.25, 0.3) is 0 Å². The fraction of sp³-hybridized carbons (Fsp3) is 0.545. The summed E-state index contributed by atoms with van der Waals surface area (Å²) in [6.07, 6.45) is 0.813. The quantitative estimate of drug-likeness (QED) is 0.605. The molecule has 0 fully saturated rings. The molecule has 0 spiro atoms. The summed E-state index contributed by atoms with van der Waals surface area (Å²) in [5.74, 6) is 0.519. The van der Waals surface area contributed by atoms with Crippen LogP contribution < -0.4 is 5.32 Å². The summed E-state index contributed by atoms with van der Waals surface area (Å²) in [7, 11) is 0. The van der Waals surface area contributed by atoms with Crippen LogP contribution >= 0.6 is 22.9 Å². The lowest BCUT2D eigenvalue weighted by Gasteiger charge is -2.04. The Morgan fingerprint density at radius 2 is 2.38 bits per heavy atom. The fourth-order valence-corrected chi connectivity index (χ4v) is 2.17. The Labute approximate surface area is 105 Å². The highest BCUT2D eigenvalue weighted by Gasteiger charge is 2.08. The van der Waals surface area contributed by atoms with Crippen LogP contribution in [0.2, 0.25) is 0 Å². The summed E-state index contributed by atoms with van der Waals surface area (Å²) in [6, 6.07) is 1.95. The van der Waals surface area contributed by atoms with Crippen LogP contribution in [-0.4, -0.2) is 31.5 Å². The van der Waals surface area contributed by atoms with E-state index in [4.69, 9.17) is 16.3 Å². The lowest BCUT2D eigenvalue weighted by molar-refractivity contribution is 0.0948. The molecule has 1 rings (SSSR count). The average molecular weight is 262 g/mol. The third-order valence-corrected chi connectivity index (χ3v) is 3.21. The third kappa shape index (κ3) is 4.51. The number of hydrogen-bond donors (Lipinski definition) is 1. The Kier molecular flexibility index (Phi) is 6.45. The molecule has 0 atom stereocenters. The second kappa shape index (κ2) is 7.65. The van der Waals surface area contributed by atoms with Gasteiger partial charge >= 0.3 is 0 Å². The number of nitrogens with one attached hydrogen (secondary N) is 1. The van der Waals surface area contributed by atoms with Crippen LogP contribution in [0.15, 0.2) is 11.4 Å². The van der Waals surface area contributed by atoms with Gasteiger partial charge in [0.1, 0.15) is 0 Å². The zero-order chi connectivity index (χ0) is 11.8. The van der Waals surface area contributed by atoms with Gasteiger partial charge in [0.15, 0.2) is 0 Å². The Morgan fingerprint density at radius 3 is 3.00 bits per heavy atom. The molecule has 16 heavy (non-hydrogen) atoms. The van der Waals surface area contributed by atoms with Crippen LogP contribution in [0.1, 0.15) is 21.7 Å². The predicted molar refractivity (Wildman–Crippen MR) is 67.5 cm³/mol. The Morgan fingerprint density at radius 1 is 1.56 bits per heavy atom. The molecular weight excluding hydrogens is 246 g/mol. The van der Waals surface area contributed by atoms with Crippen LogP contribution in [0, 0.1) is 6.92 Å². The van der Waals surface area contributed by atoms with E-state index < -0.39 is 0 Å². The molecule has 0 radical (unpaired) electrons. The first-order valence-corrected chi connectivity index (χ1v) is 6.63. The van der Waals surface area contributed by atoms with Crippen molar-refractivity contribution in [1.82, 2.24) is 5.32 Å². The molecule has 1 N–H and O–H groups in total. The van der Waals surface area contributed by atoms with E-state index in [1.165, 1.54) is 11.3 Å². The lowest BCUT2D eigenvalue weighted by atomic mass is 10.3. The molecule has 90 valence electrons. The fourth-order valence-electron chi connectivity index (χ4n) is 1.22. The molecule has 0 unspecified atom stereocenters. The minimum atomic E-state index is 0.00448. The zero-order valence-electron chi connectivity index (χ0n) is 9.29. The maximum atomic E-state index is 11.7. The first-order valence-electron chi connectivity index (χ1n) is 5.21. The monoisotopic (exact) mass is 261 g/mol. The van der Waals surface area contributed by atoms with Crippen molar-refractivity contribution >= 4 is 28.8 Å². The molecule has 0 aliphatic rings. The minimum Gasteiger partial charge on any atom is -0.380 e. The van der Waals surface area contributed by atoms with E-state index in [0.29, 0.717) is 25.6 Å². The highest BCUT2D eigenvalue weighted by Crippen LogP contribution is 2.14. The molecule has 0 saturated heterocycles. The number of aryl methyl sites for hydroxylation is 1. The molecule has 3 nitrogen and oxygen atoms in total. The van der Waals surface area contributed by atoms with Crippen molar-refractivity contribution < 1.29 is 9.53 Å². The second-order valence-corrected chi connectivity index (χ2v) is 4.64. The highest BCUT2D eigenvalue weighted by molar-refractivity contribution is 7.12. The van der Waals surface area contributed by atoms with Gasteiger partial charge in [-0.1, -0.05) is 0 Å². The Hall–Kier alpha value is -0.580. The molecule has 0 saturated carbocycles. The number of carbonyl (C=O) groups is 1. The first kappa shape index (κ1) is 13.5. The van der Waals surface area contributed by atoms with Crippen molar-refractivity contribution in [2.45, 2.75) is 13.3 Å². The summed E-state index contributed by atoms with van der Waals surface area (Å²) in [5.41, 5.74) is 1.03. The molecular formula is C11H16ClNO2S. The maximum Gasteiger partial charge on any atom is 0.261 e. The topological polar surface area (TPSA) is 38.3 Å². The summed E-state index contributed by atoms with van der Waals surface area (Å²) >= 11 is 6.93. The third-order valence-electron chi connectivity index (χ3n) is 2.04. The molecule has 1 aromatic heterocycles. The number of carbonyl (C=O) groups excluding carboxylic acids is 1. The number of amides is 1. The molecule has 0 bridgehead atoms. The van der Waals surface area contributed by atoms with E-state index in [1.54, 1.807) is 0 Å². The normalized spacial score (nSPS) is 10.4. The highest BCUT2D eigenvalue weighted by atomic mass is 35.5. The van der Waals surface area contributed by atoms with E-state index >= 15 is 0 Å². The van der Waals surface area contributed by atoms with Gasteiger partial charge in [-0.05, 0) is 30.4 Å². The van der Waals surface area contributed by atoms with Gasteiger partial charge in [0, 0.05) is 19.0 Å². The number of alkyl halides is 1. The lowest BCUT2D eigenvalue weighted by Crippen LogP contribution is -2.25. The van der Waals surface area contributed by atoms with Crippen LogP contribution in [-0.2, 0) is 4.74 Å². The summed E-state index contributed by atoms with van der Waals surface area (Å²) in [4.78, 5) is 12.4. The average Bonchev–Trinajstić information content (AvgIpc) is 2.69. The minimum absolute atomic E-state index is 0.00448. The smallest absolute Gasteiger partial charge is 0.261 e. The van der Waals surface area contributed by atoms with Crippen molar-refractivity contribution in [1.29, 1.82) is 0 Å². The van der Waals surface area contributed by atoms with Gasteiger partial charge in [0.25, 0.3) is 5.91 Å². The molecule has 0 aliphatic carbocycles. The van der Waals surface area contributed by atoms with Crippen molar-refractivity contribution in [3.05, 3.63) is 21.9 Å². The largest absolute Gasteiger partial charge is 0.380 e. The first-order chi connectivity index (χ1) is 7.75. The van der Waals surface area contributed by atoms with E-state index in [9.17, 15) is 4.79 Å². The Bertz CT molecular complexity index is 328. The van der Waals surface area contributed by atoms with Gasteiger partial charge in [-0.3, -0.25) is 4.79 Å². The van der Waals surface area contributed by atoms with Gasteiger partial charge < -0.3 is 10.1 Å². The van der Waals surface area contributed by atoms with Gasteiger partial charge in [0.2, 0.25) is 0 Å². The van der Waals surface area contributed by atoms with Crippen molar-refractivity contribution in [3.63, 3.8) is 0 Å². The van der Waals surface area contributed by atoms with Crippen molar-refractivity contribution in [2.75, 3.05) is 25.6 Å². The molecule has 0 aliphatic heterocycles.